The molecular formula is C30H31F3N2O3. The summed E-state index contributed by atoms with van der Waals surface area (Å²) in [5, 5.41) is 14.5. The van der Waals surface area contributed by atoms with Crippen LogP contribution in [0.2, 0.25) is 0 Å². The summed E-state index contributed by atoms with van der Waals surface area (Å²) in [7, 11) is 0. The third kappa shape index (κ3) is 7.15. The highest BCUT2D eigenvalue weighted by atomic mass is 19.4. The summed E-state index contributed by atoms with van der Waals surface area (Å²) in [6, 6.07) is 20.3. The van der Waals surface area contributed by atoms with Gasteiger partial charge in [0.15, 0.2) is 0 Å². The van der Waals surface area contributed by atoms with Crippen LogP contribution in [-0.4, -0.2) is 27.2 Å². The highest BCUT2D eigenvalue weighted by Gasteiger charge is 2.31. The molecule has 0 saturated heterocycles. The van der Waals surface area contributed by atoms with Crippen molar-refractivity contribution in [2.45, 2.75) is 58.4 Å². The molecule has 1 unspecified atom stereocenters. The third-order valence-corrected chi connectivity index (χ3v) is 6.48. The van der Waals surface area contributed by atoms with E-state index in [2.05, 4.69) is 42.8 Å². The van der Waals surface area contributed by atoms with Crippen LogP contribution in [0.25, 0.3) is 22.0 Å². The Kier molecular flexibility index (Phi) is 8.39. The van der Waals surface area contributed by atoms with Gasteiger partial charge < -0.3 is 9.84 Å². The Balaban J connectivity index is 1.55. The van der Waals surface area contributed by atoms with Gasteiger partial charge in [-0.3, -0.25) is 9.48 Å². The van der Waals surface area contributed by atoms with Crippen LogP contribution in [0.3, 0.4) is 0 Å². The normalized spacial score (nSPS) is 12.7. The number of fused-ring (bicyclic) bond motifs is 1. The molecule has 200 valence electrons. The highest BCUT2D eigenvalue weighted by molar-refractivity contribution is 5.84. The molecule has 5 nitrogen and oxygen atoms in total. The summed E-state index contributed by atoms with van der Waals surface area (Å²) in [6.07, 6.45) is 0.551. The van der Waals surface area contributed by atoms with Gasteiger partial charge in [-0.1, -0.05) is 56.3 Å². The molecule has 0 saturated carbocycles. The van der Waals surface area contributed by atoms with Crippen molar-refractivity contribution in [3.63, 3.8) is 0 Å². The molecule has 0 aliphatic heterocycles. The Morgan fingerprint density at radius 2 is 1.66 bits per heavy atom. The number of hydrogen-bond donors (Lipinski definition) is 1. The minimum absolute atomic E-state index is 0.0400. The fourth-order valence-electron chi connectivity index (χ4n) is 4.67. The van der Waals surface area contributed by atoms with Crippen LogP contribution in [0, 0.1) is 5.92 Å². The van der Waals surface area contributed by atoms with Gasteiger partial charge in [0, 0.05) is 11.8 Å². The molecule has 38 heavy (non-hydrogen) atoms. The first-order valence-corrected chi connectivity index (χ1v) is 12.7. The van der Waals surface area contributed by atoms with Gasteiger partial charge in [-0.15, -0.1) is 13.2 Å². The van der Waals surface area contributed by atoms with Gasteiger partial charge in [0.25, 0.3) is 0 Å². The van der Waals surface area contributed by atoms with E-state index in [0.717, 1.165) is 46.9 Å². The van der Waals surface area contributed by atoms with Crippen molar-refractivity contribution in [3.8, 4) is 16.9 Å². The van der Waals surface area contributed by atoms with E-state index < -0.39 is 12.3 Å². The number of aryl methyl sites for hydroxylation is 1. The lowest BCUT2D eigenvalue weighted by Crippen LogP contribution is -2.16. The maximum absolute atomic E-state index is 12.5. The molecule has 1 heterocycles. The first kappa shape index (κ1) is 27.2. The largest absolute Gasteiger partial charge is 0.573 e. The van der Waals surface area contributed by atoms with Gasteiger partial charge in [-0.2, -0.15) is 5.10 Å². The second-order valence-electron chi connectivity index (χ2n) is 9.92. The molecule has 4 aromatic rings. The summed E-state index contributed by atoms with van der Waals surface area (Å²) >= 11 is 0. The molecule has 1 N–H and O–H groups in total. The fourth-order valence-corrected chi connectivity index (χ4v) is 4.67. The molecular weight excluding hydrogens is 493 g/mol. The van der Waals surface area contributed by atoms with Gasteiger partial charge in [0.05, 0.1) is 17.8 Å². The predicted octanol–water partition coefficient (Wildman–Crippen LogP) is 8.03. The number of unbranched alkanes of at least 4 members (excludes halogenated alkanes) is 1. The van der Waals surface area contributed by atoms with Crippen molar-refractivity contribution in [3.05, 3.63) is 84.1 Å². The van der Waals surface area contributed by atoms with E-state index in [1.165, 1.54) is 17.7 Å². The molecule has 0 amide bonds. The second kappa shape index (κ2) is 11.7. The van der Waals surface area contributed by atoms with Crippen LogP contribution in [0.15, 0.2) is 72.9 Å². The Hall–Kier alpha value is -3.81. The van der Waals surface area contributed by atoms with Crippen molar-refractivity contribution in [2.24, 2.45) is 5.92 Å². The molecule has 4 rings (SSSR count). The average molecular weight is 525 g/mol. The van der Waals surface area contributed by atoms with Crippen molar-refractivity contribution >= 4 is 16.9 Å². The summed E-state index contributed by atoms with van der Waals surface area (Å²) in [6.45, 7) is 4.36. The second-order valence-corrected chi connectivity index (χ2v) is 9.92. The van der Waals surface area contributed by atoms with E-state index in [9.17, 15) is 18.0 Å². The minimum atomic E-state index is -4.72. The number of carboxylic acids is 1. The van der Waals surface area contributed by atoms with Gasteiger partial charge >= 0.3 is 12.3 Å². The van der Waals surface area contributed by atoms with Crippen LogP contribution in [0.1, 0.15) is 56.7 Å². The SMILES string of the molecule is CC(C)CC(c1ccc(CCCCC(=O)O)cc1)n1ncc2cc(-c3ccc(OC(F)(F)F)cc3)ccc21. The lowest BCUT2D eigenvalue weighted by molar-refractivity contribution is -0.274. The number of benzene rings is 3. The number of rotatable bonds is 11. The molecule has 3 aromatic carbocycles. The van der Waals surface area contributed by atoms with Crippen molar-refractivity contribution in [1.82, 2.24) is 9.78 Å². The van der Waals surface area contributed by atoms with Crippen molar-refractivity contribution in [1.29, 1.82) is 0 Å². The third-order valence-electron chi connectivity index (χ3n) is 6.48. The van der Waals surface area contributed by atoms with Crippen LogP contribution >= 0.6 is 0 Å². The maximum Gasteiger partial charge on any atom is 0.573 e. The van der Waals surface area contributed by atoms with Crippen LogP contribution in [0.5, 0.6) is 5.75 Å². The smallest absolute Gasteiger partial charge is 0.481 e. The molecule has 0 bridgehead atoms. The molecule has 0 aliphatic rings. The number of aliphatic carboxylic acids is 1. The zero-order valence-electron chi connectivity index (χ0n) is 21.4. The summed E-state index contributed by atoms with van der Waals surface area (Å²) in [5.74, 6) is -0.575. The van der Waals surface area contributed by atoms with E-state index >= 15 is 0 Å². The summed E-state index contributed by atoms with van der Waals surface area (Å²) in [5.41, 5.74) is 4.98. The van der Waals surface area contributed by atoms with E-state index in [1.807, 2.05) is 29.1 Å². The molecule has 0 spiro atoms. The van der Waals surface area contributed by atoms with E-state index in [0.29, 0.717) is 12.3 Å². The summed E-state index contributed by atoms with van der Waals surface area (Å²) in [4.78, 5) is 10.7. The molecule has 0 radical (unpaired) electrons. The Bertz CT molecular complexity index is 1360. The minimum Gasteiger partial charge on any atom is -0.481 e. The predicted molar refractivity (Wildman–Crippen MR) is 141 cm³/mol. The number of nitrogens with zero attached hydrogens (tertiary/aromatic N) is 2. The average Bonchev–Trinajstić information content (AvgIpc) is 3.28. The molecule has 0 aliphatic carbocycles. The number of ether oxygens (including phenoxy) is 1. The van der Waals surface area contributed by atoms with Gasteiger partial charge in [-0.05, 0) is 78.1 Å². The highest BCUT2D eigenvalue weighted by Crippen LogP contribution is 2.32. The fraction of sp³-hybridized carbons (Fsp3) is 0.333. The number of aromatic nitrogens is 2. The van der Waals surface area contributed by atoms with Crippen molar-refractivity contribution < 1.29 is 27.8 Å². The lowest BCUT2D eigenvalue weighted by Gasteiger charge is -2.22. The van der Waals surface area contributed by atoms with Gasteiger partial charge in [-0.25, -0.2) is 0 Å². The Labute approximate surface area is 219 Å². The quantitative estimate of drug-likeness (QED) is 0.202. The molecule has 8 heteroatoms. The number of hydrogen-bond acceptors (Lipinski definition) is 3. The topological polar surface area (TPSA) is 64.3 Å². The summed E-state index contributed by atoms with van der Waals surface area (Å²) < 4.78 is 43.4. The Morgan fingerprint density at radius 3 is 2.29 bits per heavy atom. The lowest BCUT2D eigenvalue weighted by atomic mass is 9.95. The molecule has 0 fully saturated rings. The standard InChI is InChI=1S/C30H31F3N2O3/c1-20(2)17-28(23-9-7-21(8-10-23)5-3-4-6-29(36)37)35-27-16-13-24(18-25(27)19-34-35)22-11-14-26(15-12-22)38-30(31,32)33/h7-16,18-20,28H,3-6,17H2,1-2H3,(H,36,37). The maximum atomic E-state index is 12.5. The van der Waals surface area contributed by atoms with Crippen LogP contribution in [-0.2, 0) is 11.2 Å². The van der Waals surface area contributed by atoms with Gasteiger partial charge in [0.1, 0.15) is 5.75 Å². The molecule has 1 aromatic heterocycles. The number of alkyl halides is 3. The zero-order valence-corrected chi connectivity index (χ0v) is 21.4. The van der Waals surface area contributed by atoms with E-state index in [1.54, 1.807) is 12.1 Å². The first-order chi connectivity index (χ1) is 18.1. The van der Waals surface area contributed by atoms with Crippen molar-refractivity contribution in [2.75, 3.05) is 0 Å². The van der Waals surface area contributed by atoms with E-state index in [-0.39, 0.29) is 18.2 Å². The molecule has 1 atom stereocenters. The van der Waals surface area contributed by atoms with Crippen LogP contribution < -0.4 is 4.74 Å². The number of halogens is 3. The monoisotopic (exact) mass is 524 g/mol. The van der Waals surface area contributed by atoms with Crippen LogP contribution in [0.4, 0.5) is 13.2 Å². The zero-order chi connectivity index (χ0) is 27.3. The number of carboxylic acid groups (broad SMARTS) is 1. The Morgan fingerprint density at radius 1 is 0.974 bits per heavy atom. The number of carbonyl (C=O) groups is 1. The van der Waals surface area contributed by atoms with Gasteiger partial charge in [0.2, 0.25) is 0 Å². The van der Waals surface area contributed by atoms with E-state index in [4.69, 9.17) is 10.2 Å². The first-order valence-electron chi connectivity index (χ1n) is 12.7.